The third-order valence-corrected chi connectivity index (χ3v) is 5.77. The number of aliphatic hydroxyl groups is 1. The van der Waals surface area contributed by atoms with E-state index in [0.29, 0.717) is 28.0 Å². The molecule has 1 heterocycles. The number of carbonyl (C=O) groups excluding carboxylic acids is 2. The SMILES string of the molecule is CCOc1ccccc1C1C(C(=O)NCc2ccc(Cl)c(Cl)c2)=C(O)C(=O)N1CCOC. The van der Waals surface area contributed by atoms with Gasteiger partial charge in [-0.2, -0.15) is 0 Å². The molecule has 2 N–H and O–H groups in total. The van der Waals surface area contributed by atoms with Gasteiger partial charge >= 0.3 is 0 Å². The van der Waals surface area contributed by atoms with E-state index in [0.717, 1.165) is 5.56 Å². The van der Waals surface area contributed by atoms with Gasteiger partial charge in [-0.25, -0.2) is 0 Å². The van der Waals surface area contributed by atoms with Crippen LogP contribution in [0.25, 0.3) is 0 Å². The maximum absolute atomic E-state index is 13.2. The highest BCUT2D eigenvalue weighted by Crippen LogP contribution is 2.41. The van der Waals surface area contributed by atoms with Crippen LogP contribution in [0.1, 0.15) is 24.1 Å². The number of carbonyl (C=O) groups is 2. The minimum absolute atomic E-state index is 0.0432. The van der Waals surface area contributed by atoms with Crippen LogP contribution in [-0.2, 0) is 20.9 Å². The number of ether oxygens (including phenoxy) is 2. The Balaban J connectivity index is 1.94. The lowest BCUT2D eigenvalue weighted by atomic mass is 9.97. The first kappa shape index (κ1) is 23.9. The molecular formula is C23H24Cl2N2O5. The summed E-state index contributed by atoms with van der Waals surface area (Å²) in [5.41, 5.74) is 1.28. The molecule has 1 unspecified atom stereocenters. The Hall–Kier alpha value is -2.74. The quantitative estimate of drug-likeness (QED) is 0.567. The number of hydrogen-bond acceptors (Lipinski definition) is 5. The van der Waals surface area contributed by atoms with Gasteiger partial charge < -0.3 is 24.8 Å². The molecule has 0 bridgehead atoms. The third kappa shape index (κ3) is 5.01. The molecule has 9 heteroatoms. The van der Waals surface area contributed by atoms with E-state index in [1.165, 1.54) is 12.0 Å². The van der Waals surface area contributed by atoms with Crippen LogP contribution in [0, 0.1) is 0 Å². The number of aliphatic hydroxyl groups excluding tert-OH is 1. The molecule has 0 aliphatic carbocycles. The summed E-state index contributed by atoms with van der Waals surface area (Å²) in [4.78, 5) is 27.4. The Morgan fingerprint density at radius 3 is 2.62 bits per heavy atom. The minimum atomic E-state index is -0.825. The fourth-order valence-corrected chi connectivity index (χ4v) is 3.87. The first-order valence-corrected chi connectivity index (χ1v) is 10.8. The van der Waals surface area contributed by atoms with Gasteiger partial charge in [-0.15, -0.1) is 0 Å². The Kier molecular flexibility index (Phi) is 8.01. The standard InChI is InChI=1S/C23H24Cl2N2O5/c1-3-32-18-7-5-4-6-15(18)20-19(21(28)23(30)27(20)10-11-31-2)22(29)26-13-14-8-9-16(24)17(25)12-14/h4-9,12,20,28H,3,10-11,13H2,1-2H3,(H,26,29). The summed E-state index contributed by atoms with van der Waals surface area (Å²) < 4.78 is 10.8. The van der Waals surface area contributed by atoms with Crippen molar-refractivity contribution in [1.29, 1.82) is 0 Å². The van der Waals surface area contributed by atoms with Crippen molar-refractivity contribution < 1.29 is 24.2 Å². The van der Waals surface area contributed by atoms with Crippen LogP contribution in [0.2, 0.25) is 10.0 Å². The van der Waals surface area contributed by atoms with Gasteiger partial charge in [-0.1, -0.05) is 47.5 Å². The molecule has 32 heavy (non-hydrogen) atoms. The van der Waals surface area contributed by atoms with Crippen molar-refractivity contribution in [3.63, 3.8) is 0 Å². The molecule has 2 aromatic rings. The topological polar surface area (TPSA) is 88.1 Å². The number of amides is 2. The Morgan fingerprint density at radius 2 is 1.94 bits per heavy atom. The lowest BCUT2D eigenvalue weighted by molar-refractivity contribution is -0.130. The summed E-state index contributed by atoms with van der Waals surface area (Å²) >= 11 is 12.0. The molecule has 7 nitrogen and oxygen atoms in total. The number of rotatable bonds is 9. The molecule has 0 spiro atoms. The number of para-hydroxylation sites is 1. The molecule has 2 amide bonds. The van der Waals surface area contributed by atoms with Crippen LogP contribution in [-0.4, -0.2) is 48.7 Å². The number of halogens is 2. The second kappa shape index (κ2) is 10.7. The van der Waals surface area contributed by atoms with Gasteiger partial charge in [0.25, 0.3) is 11.8 Å². The monoisotopic (exact) mass is 478 g/mol. The van der Waals surface area contributed by atoms with E-state index in [-0.39, 0.29) is 25.3 Å². The van der Waals surface area contributed by atoms with E-state index < -0.39 is 23.6 Å². The molecule has 0 fully saturated rings. The second-order valence-electron chi connectivity index (χ2n) is 7.06. The van der Waals surface area contributed by atoms with Crippen LogP contribution in [0.3, 0.4) is 0 Å². The molecule has 1 aliphatic rings. The average Bonchev–Trinajstić information content (AvgIpc) is 3.03. The van der Waals surface area contributed by atoms with Crippen molar-refractivity contribution in [1.82, 2.24) is 10.2 Å². The highest BCUT2D eigenvalue weighted by atomic mass is 35.5. The number of hydrogen-bond donors (Lipinski definition) is 2. The average molecular weight is 479 g/mol. The second-order valence-corrected chi connectivity index (χ2v) is 7.87. The first-order valence-electron chi connectivity index (χ1n) is 10.1. The van der Waals surface area contributed by atoms with Crippen LogP contribution < -0.4 is 10.1 Å². The Morgan fingerprint density at radius 1 is 1.19 bits per heavy atom. The van der Waals surface area contributed by atoms with Gasteiger partial charge in [0.1, 0.15) is 5.75 Å². The number of methoxy groups -OCH3 is 1. The molecule has 0 radical (unpaired) electrons. The molecule has 3 rings (SSSR count). The molecule has 0 saturated carbocycles. The van der Waals surface area contributed by atoms with Crippen molar-refractivity contribution >= 4 is 35.0 Å². The first-order chi connectivity index (χ1) is 15.4. The van der Waals surface area contributed by atoms with Crippen LogP contribution >= 0.6 is 23.2 Å². The molecule has 0 aromatic heterocycles. The highest BCUT2D eigenvalue weighted by molar-refractivity contribution is 6.42. The number of nitrogens with zero attached hydrogens (tertiary/aromatic N) is 1. The molecule has 0 saturated heterocycles. The smallest absolute Gasteiger partial charge is 0.290 e. The van der Waals surface area contributed by atoms with Crippen LogP contribution in [0.5, 0.6) is 5.75 Å². The summed E-state index contributed by atoms with van der Waals surface area (Å²) in [6.45, 7) is 2.82. The normalized spacial score (nSPS) is 15.9. The third-order valence-electron chi connectivity index (χ3n) is 5.04. The predicted molar refractivity (Wildman–Crippen MR) is 122 cm³/mol. The molecule has 2 aromatic carbocycles. The van der Waals surface area contributed by atoms with Gasteiger partial charge in [-0.3, -0.25) is 9.59 Å². The summed E-state index contributed by atoms with van der Waals surface area (Å²) in [6, 6.07) is 11.3. The largest absolute Gasteiger partial charge is 0.503 e. The lowest BCUT2D eigenvalue weighted by Crippen LogP contribution is -2.35. The zero-order valence-corrected chi connectivity index (χ0v) is 19.2. The fourth-order valence-electron chi connectivity index (χ4n) is 3.55. The van der Waals surface area contributed by atoms with Crippen molar-refractivity contribution in [2.24, 2.45) is 0 Å². The Bertz CT molecular complexity index is 1040. The maximum atomic E-state index is 13.2. The predicted octanol–water partition coefficient (Wildman–Crippen LogP) is 4.05. The zero-order valence-electron chi connectivity index (χ0n) is 17.7. The molecule has 1 aliphatic heterocycles. The van der Waals surface area contributed by atoms with Gasteiger partial charge in [0, 0.05) is 25.8 Å². The van der Waals surface area contributed by atoms with E-state index in [2.05, 4.69) is 5.32 Å². The van der Waals surface area contributed by atoms with Crippen LogP contribution in [0.15, 0.2) is 53.8 Å². The van der Waals surface area contributed by atoms with E-state index in [9.17, 15) is 14.7 Å². The van der Waals surface area contributed by atoms with Crippen molar-refractivity contribution in [2.45, 2.75) is 19.5 Å². The van der Waals surface area contributed by atoms with Crippen molar-refractivity contribution in [3.05, 3.63) is 75.0 Å². The van der Waals surface area contributed by atoms with Crippen molar-refractivity contribution in [2.75, 3.05) is 26.9 Å². The lowest BCUT2D eigenvalue weighted by Gasteiger charge is -2.28. The van der Waals surface area contributed by atoms with Gasteiger partial charge in [0.05, 0.1) is 34.9 Å². The summed E-state index contributed by atoms with van der Waals surface area (Å²) in [7, 11) is 1.52. The van der Waals surface area contributed by atoms with E-state index >= 15 is 0 Å². The molecule has 1 atom stereocenters. The number of nitrogens with one attached hydrogen (secondary N) is 1. The zero-order chi connectivity index (χ0) is 23.3. The van der Waals surface area contributed by atoms with Gasteiger partial charge in [-0.05, 0) is 30.7 Å². The summed E-state index contributed by atoms with van der Waals surface area (Å²) in [6.07, 6.45) is 0. The van der Waals surface area contributed by atoms with E-state index in [4.69, 9.17) is 32.7 Å². The Labute approximate surface area is 196 Å². The fraction of sp³-hybridized carbons (Fsp3) is 0.304. The molecular weight excluding hydrogens is 455 g/mol. The summed E-state index contributed by atoms with van der Waals surface area (Å²) in [5.74, 6) is -1.28. The molecule has 170 valence electrons. The maximum Gasteiger partial charge on any atom is 0.290 e. The minimum Gasteiger partial charge on any atom is -0.503 e. The van der Waals surface area contributed by atoms with Crippen molar-refractivity contribution in [3.8, 4) is 5.75 Å². The van der Waals surface area contributed by atoms with Gasteiger partial charge in [0.2, 0.25) is 0 Å². The number of benzene rings is 2. The van der Waals surface area contributed by atoms with E-state index in [1.807, 2.05) is 6.92 Å². The summed E-state index contributed by atoms with van der Waals surface area (Å²) in [5, 5.41) is 14.2. The van der Waals surface area contributed by atoms with E-state index in [1.54, 1.807) is 42.5 Å². The van der Waals surface area contributed by atoms with Crippen LogP contribution in [0.4, 0.5) is 0 Å². The highest BCUT2D eigenvalue weighted by Gasteiger charge is 2.44. The van der Waals surface area contributed by atoms with Gasteiger partial charge in [0.15, 0.2) is 5.76 Å².